The van der Waals surface area contributed by atoms with Crippen LogP contribution < -0.4 is 0 Å². The van der Waals surface area contributed by atoms with Gasteiger partial charge in [-0.1, -0.05) is 12.8 Å². The van der Waals surface area contributed by atoms with E-state index < -0.39 is 0 Å². The van der Waals surface area contributed by atoms with Crippen LogP contribution in [0.2, 0.25) is 0 Å². The van der Waals surface area contributed by atoms with Gasteiger partial charge in [-0.2, -0.15) is 0 Å². The van der Waals surface area contributed by atoms with E-state index in [1.54, 1.807) is 0 Å². The number of alkyl halides is 1. The third kappa shape index (κ3) is 1.31. The zero-order chi connectivity index (χ0) is 7.84. The third-order valence-electron chi connectivity index (χ3n) is 3.14. The summed E-state index contributed by atoms with van der Waals surface area (Å²) in [5, 5.41) is -0.158. The van der Waals surface area contributed by atoms with Crippen molar-refractivity contribution in [2.45, 2.75) is 37.5 Å². The van der Waals surface area contributed by atoms with Crippen LogP contribution >= 0.6 is 11.6 Å². The number of Topliss-reactive ketones (excluding diaryl/α,β-unsaturated/α-hetero) is 1. The largest absolute Gasteiger partial charge is 0.298 e. The van der Waals surface area contributed by atoms with Crippen LogP contribution in [0, 0.1) is 11.8 Å². The maximum absolute atomic E-state index is 11.2. The minimum Gasteiger partial charge on any atom is -0.298 e. The smallest absolute Gasteiger partial charge is 0.150 e. The topological polar surface area (TPSA) is 17.1 Å². The normalized spacial score (nSPS) is 44.1. The highest BCUT2D eigenvalue weighted by molar-refractivity contribution is 6.31. The number of rotatable bonds is 0. The van der Waals surface area contributed by atoms with Crippen LogP contribution in [0.25, 0.3) is 0 Å². The number of fused-ring (bicyclic) bond motifs is 1. The van der Waals surface area contributed by atoms with Crippen LogP contribution in [-0.2, 0) is 4.79 Å². The molecule has 2 saturated carbocycles. The molecule has 1 nitrogen and oxygen atoms in total. The van der Waals surface area contributed by atoms with Crippen molar-refractivity contribution < 1.29 is 4.79 Å². The summed E-state index contributed by atoms with van der Waals surface area (Å²) >= 11 is 5.88. The summed E-state index contributed by atoms with van der Waals surface area (Å²) in [5.41, 5.74) is 0. The number of ketones is 1. The van der Waals surface area contributed by atoms with Gasteiger partial charge in [-0.15, -0.1) is 11.6 Å². The maximum atomic E-state index is 11.2. The van der Waals surface area contributed by atoms with Crippen molar-refractivity contribution >= 4 is 17.4 Å². The number of hydrogen-bond acceptors (Lipinski definition) is 1. The van der Waals surface area contributed by atoms with Gasteiger partial charge in [0.1, 0.15) is 0 Å². The number of hydrogen-bond donors (Lipinski definition) is 0. The molecular weight excluding hydrogens is 160 g/mol. The molecule has 0 heterocycles. The van der Waals surface area contributed by atoms with Crippen LogP contribution in [0.15, 0.2) is 0 Å². The first-order chi connectivity index (χ1) is 5.27. The Morgan fingerprint density at radius 3 is 2.82 bits per heavy atom. The van der Waals surface area contributed by atoms with Gasteiger partial charge in [0.2, 0.25) is 0 Å². The van der Waals surface area contributed by atoms with E-state index in [1.165, 1.54) is 19.3 Å². The summed E-state index contributed by atoms with van der Waals surface area (Å²) in [6.45, 7) is 0. The molecule has 0 aliphatic heterocycles. The van der Waals surface area contributed by atoms with Crippen molar-refractivity contribution in [1.82, 2.24) is 0 Å². The predicted octanol–water partition coefficient (Wildman–Crippen LogP) is 2.37. The van der Waals surface area contributed by atoms with Crippen molar-refractivity contribution in [2.75, 3.05) is 0 Å². The molecule has 2 aliphatic carbocycles. The van der Waals surface area contributed by atoms with Gasteiger partial charge in [0.15, 0.2) is 5.78 Å². The van der Waals surface area contributed by atoms with Gasteiger partial charge in [-0.05, 0) is 24.7 Å². The van der Waals surface area contributed by atoms with Crippen LogP contribution in [0.3, 0.4) is 0 Å². The highest BCUT2D eigenvalue weighted by Crippen LogP contribution is 2.42. The lowest BCUT2D eigenvalue weighted by Gasteiger charge is -2.27. The fourth-order valence-electron chi connectivity index (χ4n) is 2.48. The van der Waals surface area contributed by atoms with Gasteiger partial charge >= 0.3 is 0 Å². The van der Waals surface area contributed by atoms with Crippen LogP contribution in [0.4, 0.5) is 0 Å². The van der Waals surface area contributed by atoms with Crippen molar-refractivity contribution in [3.63, 3.8) is 0 Å². The Balaban J connectivity index is 2.06. The fourth-order valence-corrected chi connectivity index (χ4v) is 2.79. The summed E-state index contributed by atoms with van der Waals surface area (Å²) in [7, 11) is 0. The quantitative estimate of drug-likeness (QED) is 0.513. The van der Waals surface area contributed by atoms with Crippen LogP contribution in [0.1, 0.15) is 32.1 Å². The molecule has 2 rings (SSSR count). The summed E-state index contributed by atoms with van der Waals surface area (Å²) < 4.78 is 0. The average molecular weight is 173 g/mol. The molecule has 0 aromatic carbocycles. The monoisotopic (exact) mass is 172 g/mol. The lowest BCUT2D eigenvalue weighted by molar-refractivity contribution is -0.121. The van der Waals surface area contributed by atoms with E-state index in [9.17, 15) is 4.79 Å². The van der Waals surface area contributed by atoms with Crippen LogP contribution in [-0.4, -0.2) is 11.2 Å². The van der Waals surface area contributed by atoms with Crippen molar-refractivity contribution in [1.29, 1.82) is 0 Å². The first kappa shape index (κ1) is 7.60. The highest BCUT2D eigenvalue weighted by atomic mass is 35.5. The molecule has 0 spiro atoms. The molecular formula is C9H13ClO. The zero-order valence-corrected chi connectivity index (χ0v) is 7.31. The standard InChI is InChI=1S/C9H13ClO/c10-8-4-6-2-1-3-7(6)5-9(8)11/h6-8H,1-5H2/t6-,7-,8+/m1/s1. The molecule has 2 fully saturated rings. The zero-order valence-electron chi connectivity index (χ0n) is 6.55. The maximum Gasteiger partial charge on any atom is 0.150 e. The van der Waals surface area contributed by atoms with E-state index in [0.717, 1.165) is 18.8 Å². The van der Waals surface area contributed by atoms with Crippen LogP contribution in [0.5, 0.6) is 0 Å². The molecule has 0 aromatic heterocycles. The summed E-state index contributed by atoms with van der Waals surface area (Å²) in [6.07, 6.45) is 5.59. The number of carbonyl (C=O) groups excluding carboxylic acids is 1. The first-order valence-corrected chi connectivity index (χ1v) is 4.88. The lowest BCUT2D eigenvalue weighted by Crippen LogP contribution is -2.29. The highest BCUT2D eigenvalue weighted by Gasteiger charge is 2.37. The Morgan fingerprint density at radius 2 is 2.00 bits per heavy atom. The second kappa shape index (κ2) is 2.78. The Hall–Kier alpha value is -0.0400. The van der Waals surface area contributed by atoms with Gasteiger partial charge < -0.3 is 0 Å². The van der Waals surface area contributed by atoms with Crippen molar-refractivity contribution in [3.05, 3.63) is 0 Å². The number of halogens is 1. The molecule has 11 heavy (non-hydrogen) atoms. The SMILES string of the molecule is O=C1C[C@H]2CCC[C@@H]2C[C@@H]1Cl. The Labute approximate surface area is 72.1 Å². The van der Waals surface area contributed by atoms with Gasteiger partial charge in [0, 0.05) is 6.42 Å². The minimum absolute atomic E-state index is 0.158. The Bertz CT molecular complexity index is 178. The molecule has 0 saturated heterocycles. The molecule has 62 valence electrons. The fraction of sp³-hybridized carbons (Fsp3) is 0.889. The van der Waals surface area contributed by atoms with Crippen molar-refractivity contribution in [2.24, 2.45) is 11.8 Å². The number of carbonyl (C=O) groups is 1. The van der Waals surface area contributed by atoms with Crippen molar-refractivity contribution in [3.8, 4) is 0 Å². The van der Waals surface area contributed by atoms with E-state index in [-0.39, 0.29) is 11.2 Å². The first-order valence-electron chi connectivity index (χ1n) is 4.44. The van der Waals surface area contributed by atoms with Gasteiger partial charge in [-0.3, -0.25) is 4.79 Å². The van der Waals surface area contributed by atoms with Gasteiger partial charge in [0.25, 0.3) is 0 Å². The average Bonchev–Trinajstić information content (AvgIpc) is 2.36. The van der Waals surface area contributed by atoms with E-state index >= 15 is 0 Å². The van der Waals surface area contributed by atoms with Gasteiger partial charge in [0.05, 0.1) is 5.38 Å². The minimum atomic E-state index is -0.158. The molecule has 3 atom stereocenters. The molecule has 0 amide bonds. The van der Waals surface area contributed by atoms with E-state index in [2.05, 4.69) is 0 Å². The van der Waals surface area contributed by atoms with E-state index in [4.69, 9.17) is 11.6 Å². The third-order valence-corrected chi connectivity index (χ3v) is 3.56. The summed E-state index contributed by atoms with van der Waals surface area (Å²) in [6, 6.07) is 0. The lowest BCUT2D eigenvalue weighted by atomic mass is 9.81. The van der Waals surface area contributed by atoms with Gasteiger partial charge in [-0.25, -0.2) is 0 Å². The molecule has 0 radical (unpaired) electrons. The molecule has 0 unspecified atom stereocenters. The molecule has 2 heteroatoms. The summed E-state index contributed by atoms with van der Waals surface area (Å²) in [4.78, 5) is 11.2. The summed E-state index contributed by atoms with van der Waals surface area (Å²) in [5.74, 6) is 1.75. The second-order valence-corrected chi connectivity index (χ2v) is 4.35. The second-order valence-electron chi connectivity index (χ2n) is 3.82. The molecule has 0 aromatic rings. The van der Waals surface area contributed by atoms with E-state index in [0.29, 0.717) is 5.92 Å². The van der Waals surface area contributed by atoms with E-state index in [1.807, 2.05) is 0 Å². The molecule has 0 bridgehead atoms. The molecule has 0 N–H and O–H groups in total. The molecule has 2 aliphatic rings. The Morgan fingerprint density at radius 1 is 1.27 bits per heavy atom. The predicted molar refractivity (Wildman–Crippen MR) is 44.7 cm³/mol. The Kier molecular flexibility index (Phi) is 1.92.